The van der Waals surface area contributed by atoms with E-state index in [0.717, 1.165) is 36.1 Å². The van der Waals surface area contributed by atoms with Gasteiger partial charge in [0.2, 0.25) is 5.91 Å². The number of carbonyl (C=O) groups excluding carboxylic acids is 1. The molecule has 0 unspecified atom stereocenters. The highest BCUT2D eigenvalue weighted by atomic mass is 16.5. The molecule has 0 bridgehead atoms. The average Bonchev–Trinajstić information content (AvgIpc) is 2.44. The van der Waals surface area contributed by atoms with Crippen LogP contribution in [0.3, 0.4) is 0 Å². The van der Waals surface area contributed by atoms with Gasteiger partial charge in [-0.3, -0.25) is 9.59 Å². The van der Waals surface area contributed by atoms with E-state index in [2.05, 4.69) is 5.32 Å². The predicted octanol–water partition coefficient (Wildman–Crippen LogP) is 2.41. The number of aryl methyl sites for hydroxylation is 1. The molecule has 1 amide bonds. The summed E-state index contributed by atoms with van der Waals surface area (Å²) < 4.78 is 5.36. The summed E-state index contributed by atoms with van der Waals surface area (Å²) in [7, 11) is 1.63. The van der Waals surface area contributed by atoms with Crippen LogP contribution in [0, 0.1) is 6.92 Å². The number of nitrogens with one attached hydrogen (secondary N) is 1. The molecule has 5 heteroatoms. The van der Waals surface area contributed by atoms with E-state index in [9.17, 15) is 9.59 Å². The van der Waals surface area contributed by atoms with Crippen molar-refractivity contribution in [1.82, 2.24) is 5.32 Å². The maximum Gasteiger partial charge on any atom is 0.303 e. The second-order valence-corrected chi connectivity index (χ2v) is 5.87. The van der Waals surface area contributed by atoms with Crippen molar-refractivity contribution in [2.75, 3.05) is 13.7 Å². The van der Waals surface area contributed by atoms with Crippen molar-refractivity contribution in [3.8, 4) is 5.75 Å². The number of methoxy groups -OCH3 is 1. The van der Waals surface area contributed by atoms with Crippen LogP contribution in [0.1, 0.15) is 43.2 Å². The van der Waals surface area contributed by atoms with Crippen molar-refractivity contribution in [1.29, 1.82) is 0 Å². The summed E-state index contributed by atoms with van der Waals surface area (Å²) in [6, 6.07) is 5.92. The van der Waals surface area contributed by atoms with Gasteiger partial charge in [-0.2, -0.15) is 0 Å². The number of aliphatic carboxylic acids is 1. The molecule has 5 nitrogen and oxygen atoms in total. The minimum absolute atomic E-state index is 0.00459. The lowest BCUT2D eigenvalue weighted by Gasteiger charge is -2.41. The molecule has 2 N–H and O–H groups in total. The molecule has 0 aliphatic heterocycles. The summed E-state index contributed by atoms with van der Waals surface area (Å²) in [5.74, 6) is -0.0478. The van der Waals surface area contributed by atoms with E-state index in [1.54, 1.807) is 7.11 Å². The van der Waals surface area contributed by atoms with E-state index in [1.807, 2.05) is 25.1 Å². The molecule has 22 heavy (non-hydrogen) atoms. The molecule has 1 fully saturated rings. The van der Waals surface area contributed by atoms with E-state index in [0.29, 0.717) is 13.0 Å². The molecule has 1 aliphatic rings. The molecular weight excluding hydrogens is 282 g/mol. The molecule has 0 radical (unpaired) electrons. The van der Waals surface area contributed by atoms with Gasteiger partial charge in [0.1, 0.15) is 5.75 Å². The van der Waals surface area contributed by atoms with Gasteiger partial charge in [0.15, 0.2) is 0 Å². The zero-order chi connectivity index (χ0) is 16.2. The minimum Gasteiger partial charge on any atom is -0.496 e. The SMILES string of the molecule is COc1cc(C2(C(=O)NCCCC(=O)O)CCC2)ccc1C. The van der Waals surface area contributed by atoms with Crippen molar-refractivity contribution >= 4 is 11.9 Å². The Balaban J connectivity index is 2.08. The van der Waals surface area contributed by atoms with Crippen molar-refractivity contribution < 1.29 is 19.4 Å². The largest absolute Gasteiger partial charge is 0.496 e. The van der Waals surface area contributed by atoms with Gasteiger partial charge >= 0.3 is 5.97 Å². The molecule has 0 aromatic heterocycles. The molecule has 2 rings (SSSR count). The van der Waals surface area contributed by atoms with Crippen LogP contribution in [-0.2, 0) is 15.0 Å². The Bertz CT molecular complexity index is 564. The van der Waals surface area contributed by atoms with Gasteiger partial charge < -0.3 is 15.2 Å². The number of carbonyl (C=O) groups is 2. The zero-order valence-electron chi connectivity index (χ0n) is 13.1. The normalized spacial score (nSPS) is 15.7. The first-order valence-corrected chi connectivity index (χ1v) is 7.65. The van der Waals surface area contributed by atoms with Crippen LogP contribution in [0.2, 0.25) is 0 Å². The summed E-state index contributed by atoms with van der Waals surface area (Å²) in [6.07, 6.45) is 3.20. The number of carboxylic acid groups (broad SMARTS) is 1. The number of benzene rings is 1. The first-order valence-electron chi connectivity index (χ1n) is 7.65. The molecule has 0 spiro atoms. The topological polar surface area (TPSA) is 75.6 Å². The molecule has 1 saturated carbocycles. The van der Waals surface area contributed by atoms with Crippen LogP contribution in [0.5, 0.6) is 5.75 Å². The third-order valence-electron chi connectivity index (χ3n) is 4.46. The fourth-order valence-electron chi connectivity index (χ4n) is 2.91. The molecule has 1 aromatic rings. The van der Waals surface area contributed by atoms with Crippen LogP contribution in [-0.4, -0.2) is 30.6 Å². The van der Waals surface area contributed by atoms with Crippen molar-refractivity contribution in [2.24, 2.45) is 0 Å². The third-order valence-corrected chi connectivity index (χ3v) is 4.46. The first-order chi connectivity index (χ1) is 10.5. The number of ether oxygens (including phenoxy) is 1. The number of hydrogen-bond donors (Lipinski definition) is 2. The Morgan fingerprint density at radius 3 is 2.64 bits per heavy atom. The quantitative estimate of drug-likeness (QED) is 0.759. The van der Waals surface area contributed by atoms with E-state index >= 15 is 0 Å². The van der Waals surface area contributed by atoms with Gasteiger partial charge in [-0.25, -0.2) is 0 Å². The summed E-state index contributed by atoms with van der Waals surface area (Å²) in [5.41, 5.74) is 1.55. The summed E-state index contributed by atoms with van der Waals surface area (Å²) >= 11 is 0. The second kappa shape index (κ2) is 6.81. The minimum atomic E-state index is -0.837. The second-order valence-electron chi connectivity index (χ2n) is 5.87. The fraction of sp³-hybridized carbons (Fsp3) is 0.529. The van der Waals surface area contributed by atoms with Crippen molar-refractivity contribution in [3.63, 3.8) is 0 Å². The molecule has 1 aromatic carbocycles. The zero-order valence-corrected chi connectivity index (χ0v) is 13.1. The highest BCUT2D eigenvalue weighted by Gasteiger charge is 2.45. The highest BCUT2D eigenvalue weighted by Crippen LogP contribution is 2.45. The Morgan fingerprint density at radius 2 is 2.09 bits per heavy atom. The lowest BCUT2D eigenvalue weighted by Crippen LogP contribution is -2.49. The van der Waals surface area contributed by atoms with Crippen LogP contribution in [0.4, 0.5) is 0 Å². The highest BCUT2D eigenvalue weighted by molar-refractivity contribution is 5.89. The van der Waals surface area contributed by atoms with Crippen LogP contribution >= 0.6 is 0 Å². The monoisotopic (exact) mass is 305 g/mol. The van der Waals surface area contributed by atoms with Crippen LogP contribution in [0.25, 0.3) is 0 Å². The Kier molecular flexibility index (Phi) is 5.06. The summed E-state index contributed by atoms with van der Waals surface area (Å²) in [6.45, 7) is 2.37. The molecule has 0 heterocycles. The van der Waals surface area contributed by atoms with E-state index in [-0.39, 0.29) is 12.3 Å². The van der Waals surface area contributed by atoms with Gasteiger partial charge in [0.05, 0.1) is 12.5 Å². The van der Waals surface area contributed by atoms with E-state index < -0.39 is 11.4 Å². The van der Waals surface area contributed by atoms with Gasteiger partial charge in [-0.05, 0) is 43.4 Å². The molecule has 0 saturated heterocycles. The van der Waals surface area contributed by atoms with Crippen LogP contribution in [0.15, 0.2) is 18.2 Å². The molecule has 0 atom stereocenters. The van der Waals surface area contributed by atoms with E-state index in [4.69, 9.17) is 9.84 Å². The summed E-state index contributed by atoms with van der Waals surface area (Å²) in [5, 5.41) is 11.5. The molecule has 120 valence electrons. The van der Waals surface area contributed by atoms with Crippen molar-refractivity contribution in [3.05, 3.63) is 29.3 Å². The maximum absolute atomic E-state index is 12.6. The van der Waals surface area contributed by atoms with Crippen molar-refractivity contribution in [2.45, 2.75) is 44.4 Å². The number of amides is 1. The Morgan fingerprint density at radius 1 is 1.36 bits per heavy atom. The number of hydrogen-bond acceptors (Lipinski definition) is 3. The fourth-order valence-corrected chi connectivity index (χ4v) is 2.91. The number of carboxylic acids is 1. The maximum atomic E-state index is 12.6. The molecule has 1 aliphatic carbocycles. The van der Waals surface area contributed by atoms with Gasteiger partial charge in [-0.15, -0.1) is 0 Å². The van der Waals surface area contributed by atoms with Gasteiger partial charge in [-0.1, -0.05) is 18.6 Å². The summed E-state index contributed by atoms with van der Waals surface area (Å²) in [4.78, 5) is 23.1. The first kappa shape index (κ1) is 16.3. The smallest absolute Gasteiger partial charge is 0.303 e. The Hall–Kier alpha value is -2.04. The molecular formula is C17H23NO4. The number of rotatable bonds is 7. The lowest BCUT2D eigenvalue weighted by molar-refractivity contribution is -0.137. The van der Waals surface area contributed by atoms with Gasteiger partial charge in [0.25, 0.3) is 0 Å². The third kappa shape index (κ3) is 3.24. The standard InChI is InChI=1S/C17H23NO4/c1-12-6-7-13(11-14(12)22-2)17(8-4-9-17)16(21)18-10-3-5-15(19)20/h6-7,11H,3-5,8-10H2,1-2H3,(H,18,21)(H,19,20). The predicted molar refractivity (Wildman–Crippen MR) is 83.1 cm³/mol. The average molecular weight is 305 g/mol. The van der Waals surface area contributed by atoms with Gasteiger partial charge in [0, 0.05) is 13.0 Å². The Labute approximate surface area is 130 Å². The lowest BCUT2D eigenvalue weighted by atomic mass is 9.63. The van der Waals surface area contributed by atoms with E-state index in [1.165, 1.54) is 0 Å². The van der Waals surface area contributed by atoms with Crippen LogP contribution < -0.4 is 10.1 Å².